The monoisotopic (exact) mass is 301 g/mol. The summed E-state index contributed by atoms with van der Waals surface area (Å²) >= 11 is 1.68. The van der Waals surface area contributed by atoms with Gasteiger partial charge >= 0.3 is 0 Å². The van der Waals surface area contributed by atoms with Crippen molar-refractivity contribution in [1.29, 1.82) is 0 Å². The van der Waals surface area contributed by atoms with E-state index in [1.54, 1.807) is 11.3 Å². The molecule has 2 heterocycles. The van der Waals surface area contributed by atoms with Crippen molar-refractivity contribution in [3.8, 4) is 11.3 Å². The molecule has 1 fully saturated rings. The van der Waals surface area contributed by atoms with Crippen LogP contribution in [-0.4, -0.2) is 42.0 Å². The second kappa shape index (κ2) is 6.26. The predicted octanol–water partition coefficient (Wildman–Crippen LogP) is 2.87. The molecule has 1 aromatic carbocycles. The van der Waals surface area contributed by atoms with Crippen molar-refractivity contribution in [1.82, 2.24) is 9.88 Å². The van der Waals surface area contributed by atoms with E-state index in [2.05, 4.69) is 22.4 Å². The van der Waals surface area contributed by atoms with Gasteiger partial charge in [-0.25, -0.2) is 4.98 Å². The summed E-state index contributed by atoms with van der Waals surface area (Å²) in [5, 5.41) is 3.16. The molecule has 1 amide bonds. The van der Waals surface area contributed by atoms with Gasteiger partial charge in [0.15, 0.2) is 5.13 Å². The summed E-state index contributed by atoms with van der Waals surface area (Å²) in [5.41, 5.74) is 2.18. The summed E-state index contributed by atoms with van der Waals surface area (Å²) in [7, 11) is 0. The van der Waals surface area contributed by atoms with E-state index in [0.29, 0.717) is 6.42 Å². The van der Waals surface area contributed by atoms with E-state index in [1.807, 2.05) is 30.0 Å². The maximum Gasteiger partial charge on any atom is 0.222 e. The summed E-state index contributed by atoms with van der Waals surface area (Å²) in [6, 6.07) is 10.2. The van der Waals surface area contributed by atoms with Crippen LogP contribution in [0.15, 0.2) is 35.7 Å². The molecule has 1 saturated heterocycles. The zero-order chi connectivity index (χ0) is 14.7. The Bertz CT molecular complexity index is 603. The minimum atomic E-state index is 0.249. The number of thiazole rings is 1. The number of benzene rings is 1. The van der Waals surface area contributed by atoms with Gasteiger partial charge in [0.05, 0.1) is 5.69 Å². The fourth-order valence-electron chi connectivity index (χ4n) is 2.52. The number of hydrogen-bond donors (Lipinski definition) is 0. The molecule has 4 nitrogen and oxygen atoms in total. The van der Waals surface area contributed by atoms with Gasteiger partial charge in [-0.1, -0.05) is 37.3 Å². The first kappa shape index (κ1) is 14.1. The highest BCUT2D eigenvalue weighted by Gasteiger charge is 2.21. The fraction of sp³-hybridized carbons (Fsp3) is 0.375. The number of rotatable bonds is 3. The van der Waals surface area contributed by atoms with Crippen LogP contribution in [0.25, 0.3) is 11.3 Å². The standard InChI is InChI=1S/C16H19N3OS/c1-2-15(20)18-8-10-19(11-9-18)16-17-14(12-21-16)13-6-4-3-5-7-13/h3-7,12H,2,8-11H2,1H3. The fourth-order valence-corrected chi connectivity index (χ4v) is 3.41. The van der Waals surface area contributed by atoms with E-state index in [-0.39, 0.29) is 5.91 Å². The van der Waals surface area contributed by atoms with Crippen molar-refractivity contribution < 1.29 is 4.79 Å². The van der Waals surface area contributed by atoms with Gasteiger partial charge in [0.25, 0.3) is 0 Å². The maximum absolute atomic E-state index is 11.7. The van der Waals surface area contributed by atoms with Crippen LogP contribution >= 0.6 is 11.3 Å². The number of hydrogen-bond acceptors (Lipinski definition) is 4. The van der Waals surface area contributed by atoms with E-state index in [0.717, 1.165) is 42.6 Å². The highest BCUT2D eigenvalue weighted by atomic mass is 32.1. The van der Waals surface area contributed by atoms with Crippen molar-refractivity contribution in [2.45, 2.75) is 13.3 Å². The molecular weight excluding hydrogens is 282 g/mol. The number of amides is 1. The summed E-state index contributed by atoms with van der Waals surface area (Å²) < 4.78 is 0. The third kappa shape index (κ3) is 3.08. The Hall–Kier alpha value is -1.88. The lowest BCUT2D eigenvalue weighted by Crippen LogP contribution is -2.48. The van der Waals surface area contributed by atoms with Crippen LogP contribution in [0.3, 0.4) is 0 Å². The first-order chi connectivity index (χ1) is 10.3. The SMILES string of the molecule is CCC(=O)N1CCN(c2nc(-c3ccccc3)cs2)CC1. The molecule has 2 aromatic rings. The minimum Gasteiger partial charge on any atom is -0.345 e. The molecule has 0 bridgehead atoms. The average molecular weight is 301 g/mol. The highest BCUT2D eigenvalue weighted by Crippen LogP contribution is 2.27. The quantitative estimate of drug-likeness (QED) is 0.874. The van der Waals surface area contributed by atoms with E-state index in [4.69, 9.17) is 4.98 Å². The van der Waals surface area contributed by atoms with Gasteiger partial charge < -0.3 is 9.80 Å². The molecule has 0 aliphatic carbocycles. The van der Waals surface area contributed by atoms with Crippen LogP contribution < -0.4 is 4.90 Å². The Balaban J connectivity index is 1.67. The lowest BCUT2D eigenvalue weighted by molar-refractivity contribution is -0.131. The van der Waals surface area contributed by atoms with Gasteiger partial charge in [-0.15, -0.1) is 11.3 Å². The van der Waals surface area contributed by atoms with Crippen molar-refractivity contribution in [2.24, 2.45) is 0 Å². The Kier molecular flexibility index (Phi) is 4.20. The number of carbonyl (C=O) groups excluding carboxylic acids is 1. The van der Waals surface area contributed by atoms with E-state index in [1.165, 1.54) is 0 Å². The van der Waals surface area contributed by atoms with Gasteiger partial charge in [-0.05, 0) is 0 Å². The van der Waals surface area contributed by atoms with Crippen LogP contribution in [0.5, 0.6) is 0 Å². The molecule has 1 aliphatic heterocycles. The van der Waals surface area contributed by atoms with Crippen LogP contribution in [0, 0.1) is 0 Å². The molecule has 1 aliphatic rings. The predicted molar refractivity (Wildman–Crippen MR) is 86.6 cm³/mol. The van der Waals surface area contributed by atoms with Crippen molar-refractivity contribution >= 4 is 22.4 Å². The summed E-state index contributed by atoms with van der Waals surface area (Å²) in [4.78, 5) is 20.6. The molecular formula is C16H19N3OS. The number of anilines is 1. The Morgan fingerprint density at radius 2 is 1.90 bits per heavy atom. The molecule has 0 unspecified atom stereocenters. The number of aromatic nitrogens is 1. The number of carbonyl (C=O) groups is 1. The zero-order valence-electron chi connectivity index (χ0n) is 12.2. The van der Waals surface area contributed by atoms with Crippen molar-refractivity contribution in [2.75, 3.05) is 31.1 Å². The number of piperazine rings is 1. The molecule has 1 aromatic heterocycles. The van der Waals surface area contributed by atoms with Gasteiger partial charge in [0.2, 0.25) is 5.91 Å². The minimum absolute atomic E-state index is 0.249. The molecule has 0 saturated carbocycles. The Labute approximate surface area is 129 Å². The van der Waals surface area contributed by atoms with Gasteiger partial charge in [-0.2, -0.15) is 0 Å². The second-order valence-electron chi connectivity index (χ2n) is 5.10. The largest absolute Gasteiger partial charge is 0.345 e. The van der Waals surface area contributed by atoms with Crippen molar-refractivity contribution in [3.63, 3.8) is 0 Å². The maximum atomic E-state index is 11.7. The van der Waals surface area contributed by atoms with Gasteiger partial charge in [0.1, 0.15) is 0 Å². The molecule has 110 valence electrons. The zero-order valence-corrected chi connectivity index (χ0v) is 13.0. The first-order valence-electron chi connectivity index (χ1n) is 7.31. The summed E-state index contributed by atoms with van der Waals surface area (Å²) in [6.45, 7) is 5.25. The normalized spacial score (nSPS) is 15.3. The highest BCUT2D eigenvalue weighted by molar-refractivity contribution is 7.14. The topological polar surface area (TPSA) is 36.4 Å². The lowest BCUT2D eigenvalue weighted by atomic mass is 10.2. The summed E-state index contributed by atoms with van der Waals surface area (Å²) in [5.74, 6) is 0.249. The van der Waals surface area contributed by atoms with E-state index >= 15 is 0 Å². The Morgan fingerprint density at radius 3 is 2.57 bits per heavy atom. The third-order valence-corrected chi connectivity index (χ3v) is 4.67. The van der Waals surface area contributed by atoms with Gasteiger partial charge in [-0.3, -0.25) is 4.79 Å². The molecule has 3 rings (SSSR count). The molecule has 0 atom stereocenters. The molecule has 0 N–H and O–H groups in total. The van der Waals surface area contributed by atoms with Crippen LogP contribution in [0.4, 0.5) is 5.13 Å². The molecule has 0 radical (unpaired) electrons. The van der Waals surface area contributed by atoms with Gasteiger partial charge in [0, 0.05) is 43.5 Å². The Morgan fingerprint density at radius 1 is 1.19 bits per heavy atom. The molecule has 21 heavy (non-hydrogen) atoms. The average Bonchev–Trinajstić information content (AvgIpc) is 3.05. The second-order valence-corrected chi connectivity index (χ2v) is 5.94. The van der Waals surface area contributed by atoms with Crippen LogP contribution in [-0.2, 0) is 4.79 Å². The van der Waals surface area contributed by atoms with E-state index in [9.17, 15) is 4.79 Å². The van der Waals surface area contributed by atoms with Crippen LogP contribution in [0.1, 0.15) is 13.3 Å². The van der Waals surface area contributed by atoms with Crippen molar-refractivity contribution in [3.05, 3.63) is 35.7 Å². The smallest absolute Gasteiger partial charge is 0.222 e. The molecule has 0 spiro atoms. The van der Waals surface area contributed by atoms with Crippen LogP contribution in [0.2, 0.25) is 0 Å². The summed E-state index contributed by atoms with van der Waals surface area (Å²) in [6.07, 6.45) is 0.593. The first-order valence-corrected chi connectivity index (χ1v) is 8.19. The number of nitrogens with zero attached hydrogens (tertiary/aromatic N) is 3. The molecule has 5 heteroatoms. The lowest BCUT2D eigenvalue weighted by Gasteiger charge is -2.34. The van der Waals surface area contributed by atoms with E-state index < -0.39 is 0 Å². The third-order valence-electron chi connectivity index (χ3n) is 3.77.